The number of nitrogens with zero attached hydrogens (tertiary/aromatic N) is 1. The lowest BCUT2D eigenvalue weighted by Gasteiger charge is -2.22. The first-order valence-electron chi connectivity index (χ1n) is 10.2. The highest BCUT2D eigenvalue weighted by Crippen LogP contribution is 2.27. The summed E-state index contributed by atoms with van der Waals surface area (Å²) in [4.78, 5) is 19.4. The molecule has 0 bridgehead atoms. The van der Waals surface area contributed by atoms with Gasteiger partial charge in [0.15, 0.2) is 5.95 Å². The summed E-state index contributed by atoms with van der Waals surface area (Å²) in [5.74, 6) is 1.13. The zero-order valence-electron chi connectivity index (χ0n) is 16.4. The number of carbonyl (C=O) groups excluding carboxylic acids is 1. The lowest BCUT2D eigenvalue weighted by atomic mass is 9.91. The molecule has 0 aliphatic heterocycles. The number of amides is 1. The molecule has 0 radical (unpaired) electrons. The van der Waals surface area contributed by atoms with Gasteiger partial charge in [0.2, 0.25) is 5.91 Å². The number of rotatable bonds is 14. The molecule has 25 heavy (non-hydrogen) atoms. The van der Waals surface area contributed by atoms with Crippen LogP contribution in [0, 0.1) is 0 Å². The Bertz CT molecular complexity index is 472. The Morgan fingerprint density at radius 2 is 1.88 bits per heavy atom. The Hall–Kier alpha value is -1.52. The summed E-state index contributed by atoms with van der Waals surface area (Å²) >= 11 is 0. The van der Waals surface area contributed by atoms with Gasteiger partial charge >= 0.3 is 0 Å². The van der Waals surface area contributed by atoms with E-state index in [2.05, 4.69) is 36.1 Å². The Morgan fingerprint density at radius 3 is 2.48 bits per heavy atom. The van der Waals surface area contributed by atoms with Crippen LogP contribution >= 0.6 is 0 Å². The monoisotopic (exact) mass is 350 g/mol. The van der Waals surface area contributed by atoms with Crippen molar-refractivity contribution in [2.45, 2.75) is 103 Å². The maximum atomic E-state index is 12.0. The molecular weight excluding hydrogens is 312 g/mol. The number of nitrogen functional groups attached to an aromatic ring is 1. The van der Waals surface area contributed by atoms with Crippen LogP contribution in [0.25, 0.3) is 0 Å². The predicted octanol–water partition coefficient (Wildman–Crippen LogP) is 4.91. The molecule has 5 heteroatoms. The first kappa shape index (κ1) is 21.5. The van der Waals surface area contributed by atoms with Crippen molar-refractivity contribution in [1.82, 2.24) is 15.3 Å². The van der Waals surface area contributed by atoms with E-state index >= 15 is 0 Å². The van der Waals surface area contributed by atoms with E-state index in [1.54, 1.807) is 0 Å². The number of carbonyl (C=O) groups is 1. The third-order valence-electron chi connectivity index (χ3n) is 4.80. The molecule has 0 saturated heterocycles. The SMILES string of the molecule is CCCCCCC(CCC(CCC)c1cnc(N)[nH]1)NC(=O)CCC. The maximum Gasteiger partial charge on any atom is 0.220 e. The van der Waals surface area contributed by atoms with Crippen LogP contribution < -0.4 is 11.1 Å². The number of nitrogens with two attached hydrogens (primary N) is 1. The summed E-state index contributed by atoms with van der Waals surface area (Å²) in [5.41, 5.74) is 6.87. The fraction of sp³-hybridized carbons (Fsp3) is 0.800. The zero-order valence-corrected chi connectivity index (χ0v) is 16.4. The van der Waals surface area contributed by atoms with Gasteiger partial charge in [-0.15, -0.1) is 0 Å². The van der Waals surface area contributed by atoms with Crippen molar-refractivity contribution in [3.63, 3.8) is 0 Å². The van der Waals surface area contributed by atoms with E-state index in [1.807, 2.05) is 6.20 Å². The molecule has 1 amide bonds. The summed E-state index contributed by atoms with van der Waals surface area (Å²) in [6.07, 6.45) is 13.8. The highest BCUT2D eigenvalue weighted by atomic mass is 16.1. The molecule has 0 saturated carbocycles. The molecule has 0 spiro atoms. The van der Waals surface area contributed by atoms with Gasteiger partial charge in [0.25, 0.3) is 0 Å². The number of unbranched alkanes of at least 4 members (excludes halogenated alkanes) is 3. The second kappa shape index (κ2) is 12.8. The van der Waals surface area contributed by atoms with E-state index in [-0.39, 0.29) is 11.9 Å². The summed E-state index contributed by atoms with van der Waals surface area (Å²) < 4.78 is 0. The molecule has 0 aromatic carbocycles. The molecule has 4 N–H and O–H groups in total. The lowest BCUT2D eigenvalue weighted by molar-refractivity contribution is -0.121. The van der Waals surface area contributed by atoms with Gasteiger partial charge in [-0.3, -0.25) is 4.79 Å². The molecule has 2 atom stereocenters. The smallest absolute Gasteiger partial charge is 0.220 e. The zero-order chi connectivity index (χ0) is 18.5. The quantitative estimate of drug-likeness (QED) is 0.417. The van der Waals surface area contributed by atoms with Crippen molar-refractivity contribution in [3.05, 3.63) is 11.9 Å². The van der Waals surface area contributed by atoms with E-state index in [0.29, 0.717) is 18.3 Å². The van der Waals surface area contributed by atoms with Crippen LogP contribution in [-0.4, -0.2) is 21.9 Å². The van der Waals surface area contributed by atoms with Gasteiger partial charge in [-0.05, 0) is 32.1 Å². The Balaban J connectivity index is 2.58. The van der Waals surface area contributed by atoms with Crippen LogP contribution in [0.3, 0.4) is 0 Å². The van der Waals surface area contributed by atoms with Crippen LogP contribution in [-0.2, 0) is 4.79 Å². The highest BCUT2D eigenvalue weighted by molar-refractivity contribution is 5.76. The molecular formula is C20H38N4O. The van der Waals surface area contributed by atoms with Crippen molar-refractivity contribution in [1.29, 1.82) is 0 Å². The average Bonchev–Trinajstić information content (AvgIpc) is 3.01. The fourth-order valence-electron chi connectivity index (χ4n) is 3.40. The number of imidazole rings is 1. The number of H-pyrrole nitrogens is 1. The molecule has 1 aromatic rings. The van der Waals surface area contributed by atoms with Crippen LogP contribution in [0.5, 0.6) is 0 Å². The standard InChI is InChI=1S/C20H38N4O/c1-4-7-8-9-12-17(23-19(25)11-6-3)14-13-16(10-5-2)18-15-22-20(21)24-18/h15-17H,4-14H2,1-3H3,(H,23,25)(H3,21,22,24). The number of anilines is 1. The first-order chi connectivity index (χ1) is 12.1. The van der Waals surface area contributed by atoms with Gasteiger partial charge in [0.1, 0.15) is 0 Å². The number of aromatic amines is 1. The van der Waals surface area contributed by atoms with Crippen LogP contribution in [0.1, 0.15) is 103 Å². The molecule has 2 unspecified atom stereocenters. The summed E-state index contributed by atoms with van der Waals surface area (Å²) in [6.45, 7) is 6.49. The van der Waals surface area contributed by atoms with Gasteiger partial charge in [0, 0.05) is 24.1 Å². The molecule has 1 rings (SSSR count). The van der Waals surface area contributed by atoms with Crippen LogP contribution in [0.15, 0.2) is 6.20 Å². The summed E-state index contributed by atoms with van der Waals surface area (Å²) in [7, 11) is 0. The van der Waals surface area contributed by atoms with E-state index in [1.165, 1.54) is 25.7 Å². The van der Waals surface area contributed by atoms with Gasteiger partial charge < -0.3 is 16.0 Å². The van der Waals surface area contributed by atoms with E-state index in [4.69, 9.17) is 5.73 Å². The average molecular weight is 351 g/mol. The molecule has 0 aliphatic rings. The molecule has 0 fully saturated rings. The third-order valence-corrected chi connectivity index (χ3v) is 4.80. The summed E-state index contributed by atoms with van der Waals surface area (Å²) in [6, 6.07) is 0.288. The molecule has 0 aliphatic carbocycles. The van der Waals surface area contributed by atoms with E-state index < -0.39 is 0 Å². The molecule has 1 aromatic heterocycles. The van der Waals surface area contributed by atoms with Gasteiger partial charge in [-0.1, -0.05) is 52.9 Å². The number of nitrogens with one attached hydrogen (secondary N) is 2. The molecule has 144 valence electrons. The molecule has 1 heterocycles. The largest absolute Gasteiger partial charge is 0.369 e. The van der Waals surface area contributed by atoms with E-state index in [9.17, 15) is 4.79 Å². The molecule has 5 nitrogen and oxygen atoms in total. The highest BCUT2D eigenvalue weighted by Gasteiger charge is 2.18. The number of hydrogen-bond donors (Lipinski definition) is 3. The van der Waals surface area contributed by atoms with Crippen molar-refractivity contribution < 1.29 is 4.79 Å². The van der Waals surface area contributed by atoms with E-state index in [0.717, 1.165) is 44.2 Å². The van der Waals surface area contributed by atoms with Gasteiger partial charge in [0.05, 0.1) is 6.20 Å². The normalized spacial score (nSPS) is 13.6. The Morgan fingerprint density at radius 1 is 1.08 bits per heavy atom. The number of hydrogen-bond acceptors (Lipinski definition) is 3. The van der Waals surface area contributed by atoms with Crippen molar-refractivity contribution in [2.24, 2.45) is 0 Å². The lowest BCUT2D eigenvalue weighted by Crippen LogP contribution is -2.35. The van der Waals surface area contributed by atoms with Gasteiger partial charge in [-0.25, -0.2) is 4.98 Å². The van der Waals surface area contributed by atoms with Crippen molar-refractivity contribution in [3.8, 4) is 0 Å². The van der Waals surface area contributed by atoms with Gasteiger partial charge in [-0.2, -0.15) is 0 Å². The van der Waals surface area contributed by atoms with Crippen molar-refractivity contribution >= 4 is 11.9 Å². The minimum atomic E-state index is 0.195. The van der Waals surface area contributed by atoms with Crippen LogP contribution in [0.4, 0.5) is 5.95 Å². The second-order valence-corrected chi connectivity index (χ2v) is 7.15. The fourth-order valence-corrected chi connectivity index (χ4v) is 3.40. The summed E-state index contributed by atoms with van der Waals surface area (Å²) in [5, 5.41) is 3.26. The topological polar surface area (TPSA) is 83.8 Å². The number of aromatic nitrogens is 2. The van der Waals surface area contributed by atoms with Crippen molar-refractivity contribution in [2.75, 3.05) is 5.73 Å². The second-order valence-electron chi connectivity index (χ2n) is 7.15. The third kappa shape index (κ3) is 8.94. The predicted molar refractivity (Wildman–Crippen MR) is 105 cm³/mol. The minimum absolute atomic E-state index is 0.195. The Labute approximate surface area is 153 Å². The minimum Gasteiger partial charge on any atom is -0.369 e. The maximum absolute atomic E-state index is 12.0. The first-order valence-corrected chi connectivity index (χ1v) is 10.2. The van der Waals surface area contributed by atoms with Crippen LogP contribution in [0.2, 0.25) is 0 Å². The Kier molecular flexibility index (Phi) is 11.0.